The number of amides is 4. The molecule has 15 heteroatoms. The van der Waals surface area contributed by atoms with E-state index in [1.807, 2.05) is 0 Å². The van der Waals surface area contributed by atoms with Crippen molar-refractivity contribution in [2.75, 3.05) is 49.5 Å². The average Bonchev–Trinajstić information content (AvgIpc) is 3.33. The number of aromatic nitrogens is 2. The number of urea groups is 1. The van der Waals surface area contributed by atoms with Gasteiger partial charge in [0.15, 0.2) is 0 Å². The second kappa shape index (κ2) is 12.1. The molecule has 2 aromatic rings. The van der Waals surface area contributed by atoms with Crippen LogP contribution in [0.15, 0.2) is 24.9 Å². The highest BCUT2D eigenvalue weighted by molar-refractivity contribution is 6.42. The molecule has 4 amide bonds. The number of carbonyl (C=O) groups is 3. The van der Waals surface area contributed by atoms with Crippen LogP contribution in [0.1, 0.15) is 26.3 Å². The highest BCUT2D eigenvalue weighted by Gasteiger charge is 2.39. The van der Waals surface area contributed by atoms with Crippen molar-refractivity contribution >= 4 is 58.7 Å². The molecule has 42 heavy (non-hydrogen) atoms. The third-order valence-electron chi connectivity index (χ3n) is 6.63. The van der Waals surface area contributed by atoms with E-state index in [1.165, 1.54) is 28.9 Å². The minimum atomic E-state index is -0.681. The molecule has 1 unspecified atom stereocenters. The Bertz CT molecular complexity index is 1390. The minimum absolute atomic E-state index is 0.0718. The number of likely N-dealkylation sites (tertiary alicyclic amines) is 1. The Morgan fingerprint density at radius 1 is 1.12 bits per heavy atom. The number of halogens is 2. The topological polar surface area (TPSA) is 138 Å². The summed E-state index contributed by atoms with van der Waals surface area (Å²) in [5, 5.41) is 6.33. The maximum atomic E-state index is 13.5. The van der Waals surface area contributed by atoms with Crippen molar-refractivity contribution in [3.63, 3.8) is 0 Å². The van der Waals surface area contributed by atoms with Gasteiger partial charge in [0, 0.05) is 38.0 Å². The average molecular weight is 623 g/mol. The van der Waals surface area contributed by atoms with Gasteiger partial charge in [-0.25, -0.2) is 14.6 Å². The summed E-state index contributed by atoms with van der Waals surface area (Å²) in [7, 11) is 4.46. The Balaban J connectivity index is 1.60. The number of nitrogens with one attached hydrogen (secondary N) is 2. The van der Waals surface area contributed by atoms with Crippen LogP contribution in [-0.4, -0.2) is 84.9 Å². The van der Waals surface area contributed by atoms with E-state index < -0.39 is 29.8 Å². The van der Waals surface area contributed by atoms with E-state index in [9.17, 15) is 14.4 Å². The zero-order valence-electron chi connectivity index (χ0n) is 24.2. The fourth-order valence-corrected chi connectivity index (χ4v) is 5.35. The van der Waals surface area contributed by atoms with Crippen molar-refractivity contribution in [1.29, 1.82) is 0 Å². The van der Waals surface area contributed by atoms with E-state index in [4.69, 9.17) is 37.4 Å². The van der Waals surface area contributed by atoms with Gasteiger partial charge in [-0.1, -0.05) is 29.8 Å². The first-order valence-electron chi connectivity index (χ1n) is 13.0. The van der Waals surface area contributed by atoms with E-state index in [1.54, 1.807) is 40.1 Å². The molecule has 1 saturated heterocycles. The molecule has 226 valence electrons. The number of nitrogens with zero attached hydrogens (tertiary/aromatic N) is 5. The lowest BCUT2D eigenvalue weighted by Crippen LogP contribution is -2.47. The van der Waals surface area contributed by atoms with Crippen LogP contribution < -0.4 is 29.9 Å². The van der Waals surface area contributed by atoms with E-state index in [0.717, 1.165) is 6.08 Å². The highest BCUT2D eigenvalue weighted by atomic mass is 35.5. The number of rotatable bonds is 7. The van der Waals surface area contributed by atoms with Crippen molar-refractivity contribution < 1.29 is 28.6 Å². The fraction of sp³-hybridized carbons (Fsp3) is 0.444. The number of fused-ring (bicyclic) bond motifs is 1. The number of methoxy groups -OCH3 is 2. The van der Waals surface area contributed by atoms with E-state index >= 15 is 0 Å². The number of hydrogen-bond acceptors (Lipinski definition) is 9. The van der Waals surface area contributed by atoms with Gasteiger partial charge in [-0.3, -0.25) is 14.6 Å². The minimum Gasteiger partial charge on any atom is -0.495 e. The van der Waals surface area contributed by atoms with Crippen molar-refractivity contribution in [3.05, 3.63) is 40.5 Å². The Labute approximate surface area is 253 Å². The van der Waals surface area contributed by atoms with Crippen LogP contribution >= 0.6 is 23.2 Å². The highest BCUT2D eigenvalue weighted by Crippen LogP contribution is 2.47. The van der Waals surface area contributed by atoms with Gasteiger partial charge < -0.3 is 29.7 Å². The van der Waals surface area contributed by atoms with Crippen LogP contribution in [-0.2, 0) is 16.1 Å². The van der Waals surface area contributed by atoms with Crippen LogP contribution in [0.2, 0.25) is 10.0 Å². The predicted molar refractivity (Wildman–Crippen MR) is 159 cm³/mol. The Hall–Kier alpha value is -3.97. The number of anilines is 3. The summed E-state index contributed by atoms with van der Waals surface area (Å²) in [6.45, 7) is 9.33. The van der Waals surface area contributed by atoms with Crippen LogP contribution in [0.4, 0.5) is 27.0 Å². The van der Waals surface area contributed by atoms with Gasteiger partial charge in [-0.2, -0.15) is 4.98 Å². The lowest BCUT2D eigenvalue weighted by molar-refractivity contribution is -0.117. The fourth-order valence-electron chi connectivity index (χ4n) is 4.64. The molecule has 0 saturated carbocycles. The van der Waals surface area contributed by atoms with Crippen LogP contribution in [0.25, 0.3) is 0 Å². The maximum Gasteiger partial charge on any atom is 0.410 e. The Kier molecular flexibility index (Phi) is 8.92. The molecule has 1 aromatic heterocycles. The SMILES string of the molecule is C=CC(=O)N[C@H]1CN(C(=O)OC(C)(C)C)CC1Nc1ncc2c(n1)N(C)C(=O)N(c1c(Cl)c(OC)cc(OC)c1Cl)C2. The summed E-state index contributed by atoms with van der Waals surface area (Å²) in [6, 6.07) is 0.158. The summed E-state index contributed by atoms with van der Waals surface area (Å²) >= 11 is 13.1. The third kappa shape index (κ3) is 6.26. The normalized spacial score (nSPS) is 18.4. The first-order chi connectivity index (χ1) is 19.8. The lowest BCUT2D eigenvalue weighted by atomic mass is 10.1. The van der Waals surface area contributed by atoms with Gasteiger partial charge in [-0.15, -0.1) is 0 Å². The largest absolute Gasteiger partial charge is 0.495 e. The Morgan fingerprint density at radius 3 is 2.31 bits per heavy atom. The summed E-state index contributed by atoms with van der Waals surface area (Å²) in [4.78, 5) is 51.7. The molecule has 0 aliphatic carbocycles. The molecule has 2 N–H and O–H groups in total. The van der Waals surface area contributed by atoms with E-state index in [0.29, 0.717) is 22.9 Å². The van der Waals surface area contributed by atoms with E-state index in [2.05, 4.69) is 27.2 Å². The third-order valence-corrected chi connectivity index (χ3v) is 7.36. The number of hydrogen-bond donors (Lipinski definition) is 2. The summed E-state index contributed by atoms with van der Waals surface area (Å²) in [6.07, 6.45) is 2.23. The first-order valence-corrected chi connectivity index (χ1v) is 13.7. The zero-order chi connectivity index (χ0) is 30.9. The second-order valence-electron chi connectivity index (χ2n) is 10.7. The monoisotopic (exact) mass is 621 g/mol. The summed E-state index contributed by atoms with van der Waals surface area (Å²) in [5.41, 5.74) is 0.169. The van der Waals surface area contributed by atoms with Gasteiger partial charge in [0.1, 0.15) is 33.0 Å². The zero-order valence-corrected chi connectivity index (χ0v) is 25.7. The van der Waals surface area contributed by atoms with Crippen molar-refractivity contribution in [1.82, 2.24) is 20.2 Å². The van der Waals surface area contributed by atoms with Gasteiger partial charge in [-0.05, 0) is 26.8 Å². The predicted octanol–water partition coefficient (Wildman–Crippen LogP) is 4.08. The van der Waals surface area contributed by atoms with Crippen molar-refractivity contribution in [2.45, 2.75) is 45.0 Å². The smallest absolute Gasteiger partial charge is 0.410 e. The van der Waals surface area contributed by atoms with Crippen LogP contribution in [0.5, 0.6) is 11.5 Å². The molecule has 0 bridgehead atoms. The Morgan fingerprint density at radius 2 is 1.74 bits per heavy atom. The summed E-state index contributed by atoms with van der Waals surface area (Å²) < 4.78 is 16.2. The van der Waals surface area contributed by atoms with E-state index in [-0.39, 0.29) is 47.2 Å². The van der Waals surface area contributed by atoms with Crippen molar-refractivity contribution in [3.8, 4) is 11.5 Å². The molecule has 2 atom stereocenters. The second-order valence-corrected chi connectivity index (χ2v) is 11.4. The van der Waals surface area contributed by atoms with Crippen LogP contribution in [0, 0.1) is 0 Å². The van der Waals surface area contributed by atoms with Gasteiger partial charge in [0.25, 0.3) is 0 Å². The molecule has 2 aliphatic rings. The molecule has 1 fully saturated rings. The number of benzene rings is 1. The first kappa shape index (κ1) is 31.0. The number of ether oxygens (including phenoxy) is 3. The number of carbonyl (C=O) groups excluding carboxylic acids is 3. The molecule has 0 spiro atoms. The molecule has 1 aromatic carbocycles. The van der Waals surface area contributed by atoms with Gasteiger partial charge >= 0.3 is 12.1 Å². The molecule has 3 heterocycles. The standard InChI is InChI=1S/C27H33Cl2N7O6/c1-8-19(37)31-15-12-35(26(39)42-27(2,3)4)13-16(15)32-24-30-10-14-11-36(25(38)34(5)23(14)33-24)22-20(28)17(40-6)9-18(41-7)21(22)29/h8-10,15-16H,1,11-13H2,2-7H3,(H,31,37)(H,30,32,33)/t15-,16?/m0/s1. The van der Waals surface area contributed by atoms with Gasteiger partial charge in [0.2, 0.25) is 11.9 Å². The molecule has 13 nitrogen and oxygen atoms in total. The molecule has 0 radical (unpaired) electrons. The van der Waals surface area contributed by atoms with Crippen molar-refractivity contribution in [2.24, 2.45) is 0 Å². The molecular weight excluding hydrogens is 589 g/mol. The summed E-state index contributed by atoms with van der Waals surface area (Å²) in [5.74, 6) is 0.764. The maximum absolute atomic E-state index is 13.5. The van der Waals surface area contributed by atoms with Gasteiger partial charge in [0.05, 0.1) is 38.5 Å². The van der Waals surface area contributed by atoms with Crippen LogP contribution in [0.3, 0.4) is 0 Å². The molecule has 2 aliphatic heterocycles. The lowest BCUT2D eigenvalue weighted by Gasteiger charge is -2.35. The molecule has 4 rings (SSSR count). The quantitative estimate of drug-likeness (QED) is 0.438. The molecular formula is C27H33Cl2N7O6.